The van der Waals surface area contributed by atoms with Gasteiger partial charge in [-0.25, -0.2) is 0 Å². The van der Waals surface area contributed by atoms with Crippen LogP contribution in [-0.4, -0.2) is 45.3 Å². The molecule has 0 saturated heterocycles. The molecule has 0 spiro atoms. The van der Waals surface area contributed by atoms with E-state index in [-0.39, 0.29) is 5.91 Å². The fraction of sp³-hybridized carbons (Fsp3) is 0.350. The maximum absolute atomic E-state index is 12.6. The van der Waals surface area contributed by atoms with Gasteiger partial charge in [-0.1, -0.05) is 12.1 Å². The zero-order valence-electron chi connectivity index (χ0n) is 15.8. The molecule has 0 bridgehead atoms. The highest BCUT2D eigenvalue weighted by molar-refractivity contribution is 5.80. The van der Waals surface area contributed by atoms with Gasteiger partial charge in [0.05, 0.1) is 21.3 Å². The van der Waals surface area contributed by atoms with E-state index in [9.17, 15) is 4.79 Å². The van der Waals surface area contributed by atoms with Gasteiger partial charge >= 0.3 is 0 Å². The van der Waals surface area contributed by atoms with Crippen molar-refractivity contribution in [3.8, 4) is 23.0 Å². The molecule has 0 heterocycles. The Morgan fingerprint density at radius 3 is 2.31 bits per heavy atom. The first-order valence-electron chi connectivity index (χ1n) is 8.25. The molecule has 0 radical (unpaired) electrons. The molecule has 0 aliphatic carbocycles. The predicted molar refractivity (Wildman–Crippen MR) is 99.1 cm³/mol. The van der Waals surface area contributed by atoms with Crippen molar-refractivity contribution in [2.75, 3.05) is 28.4 Å². The van der Waals surface area contributed by atoms with Crippen LogP contribution in [0.4, 0.5) is 0 Å². The molecule has 1 amide bonds. The molecule has 2 aromatic carbocycles. The Balaban J connectivity index is 2.01. The third-order valence-electron chi connectivity index (χ3n) is 3.95. The molecular weight excluding hydrogens is 334 g/mol. The number of ether oxygens (including phenoxy) is 4. The van der Waals surface area contributed by atoms with Crippen molar-refractivity contribution in [3.63, 3.8) is 0 Å². The SMILES string of the molecule is COc1cccc(O[C@H](C)C(=O)N(C)Cc2ccc(OC)c(OC)c2)c1. The number of carbonyl (C=O) groups excluding carboxylic acids is 1. The van der Waals surface area contributed by atoms with Crippen molar-refractivity contribution in [2.24, 2.45) is 0 Å². The van der Waals surface area contributed by atoms with Crippen LogP contribution in [0.2, 0.25) is 0 Å². The highest BCUT2D eigenvalue weighted by atomic mass is 16.5. The minimum Gasteiger partial charge on any atom is -0.497 e. The van der Waals surface area contributed by atoms with Crippen LogP contribution in [-0.2, 0) is 11.3 Å². The summed E-state index contributed by atoms with van der Waals surface area (Å²) in [6.07, 6.45) is -0.618. The molecule has 0 unspecified atom stereocenters. The molecule has 0 aliphatic heterocycles. The van der Waals surface area contributed by atoms with Gasteiger partial charge in [-0.05, 0) is 36.8 Å². The van der Waals surface area contributed by atoms with Gasteiger partial charge in [0.2, 0.25) is 0 Å². The number of amides is 1. The molecule has 6 heteroatoms. The van der Waals surface area contributed by atoms with Crippen molar-refractivity contribution in [1.29, 1.82) is 0 Å². The predicted octanol–water partition coefficient (Wildman–Crippen LogP) is 3.14. The molecule has 0 fully saturated rings. The zero-order valence-corrected chi connectivity index (χ0v) is 15.8. The number of benzene rings is 2. The van der Waals surface area contributed by atoms with Crippen LogP contribution in [0.3, 0.4) is 0 Å². The lowest BCUT2D eigenvalue weighted by molar-refractivity contribution is -0.137. The van der Waals surface area contributed by atoms with E-state index in [2.05, 4.69) is 0 Å². The summed E-state index contributed by atoms with van der Waals surface area (Å²) >= 11 is 0. The Kier molecular flexibility index (Phi) is 6.72. The smallest absolute Gasteiger partial charge is 0.263 e. The molecule has 0 N–H and O–H groups in total. The standard InChI is InChI=1S/C20H25NO5/c1-14(26-17-8-6-7-16(12-17)23-3)20(22)21(2)13-15-9-10-18(24-4)19(11-15)25-5/h6-12,14H,13H2,1-5H3/t14-/m1/s1. The number of hydrogen-bond donors (Lipinski definition) is 0. The summed E-state index contributed by atoms with van der Waals surface area (Å²) in [6.45, 7) is 2.16. The fourth-order valence-electron chi connectivity index (χ4n) is 2.57. The van der Waals surface area contributed by atoms with E-state index < -0.39 is 6.10 Å². The average Bonchev–Trinajstić information content (AvgIpc) is 2.67. The van der Waals surface area contributed by atoms with Crippen molar-refractivity contribution in [3.05, 3.63) is 48.0 Å². The maximum atomic E-state index is 12.6. The highest BCUT2D eigenvalue weighted by Crippen LogP contribution is 2.28. The summed E-state index contributed by atoms with van der Waals surface area (Å²) in [7, 11) is 6.50. The topological polar surface area (TPSA) is 57.2 Å². The van der Waals surface area contributed by atoms with E-state index in [4.69, 9.17) is 18.9 Å². The van der Waals surface area contributed by atoms with E-state index in [1.807, 2.05) is 30.3 Å². The second-order valence-corrected chi connectivity index (χ2v) is 5.82. The minimum atomic E-state index is -0.618. The highest BCUT2D eigenvalue weighted by Gasteiger charge is 2.20. The molecule has 6 nitrogen and oxygen atoms in total. The van der Waals surface area contributed by atoms with Gasteiger partial charge in [0.25, 0.3) is 5.91 Å². The van der Waals surface area contributed by atoms with Gasteiger partial charge in [0.1, 0.15) is 11.5 Å². The summed E-state index contributed by atoms with van der Waals surface area (Å²) < 4.78 is 21.4. The lowest BCUT2D eigenvalue weighted by atomic mass is 10.2. The third kappa shape index (κ3) is 4.81. The zero-order chi connectivity index (χ0) is 19.1. The number of hydrogen-bond acceptors (Lipinski definition) is 5. The van der Waals surface area contributed by atoms with E-state index in [1.54, 1.807) is 52.3 Å². The van der Waals surface area contributed by atoms with Crippen LogP contribution in [0.5, 0.6) is 23.0 Å². The summed E-state index contributed by atoms with van der Waals surface area (Å²) in [6, 6.07) is 12.8. The van der Waals surface area contributed by atoms with Crippen LogP contribution < -0.4 is 18.9 Å². The Bertz CT molecular complexity index is 747. The summed E-state index contributed by atoms with van der Waals surface area (Å²) in [5.41, 5.74) is 0.937. The molecule has 140 valence electrons. The van der Waals surface area contributed by atoms with Gasteiger partial charge < -0.3 is 23.8 Å². The third-order valence-corrected chi connectivity index (χ3v) is 3.95. The minimum absolute atomic E-state index is 0.123. The van der Waals surface area contributed by atoms with E-state index in [1.165, 1.54) is 0 Å². The first-order valence-corrected chi connectivity index (χ1v) is 8.25. The van der Waals surface area contributed by atoms with E-state index in [0.717, 1.165) is 5.56 Å². The lowest BCUT2D eigenvalue weighted by Crippen LogP contribution is -2.37. The molecule has 0 aromatic heterocycles. The maximum Gasteiger partial charge on any atom is 0.263 e. The Morgan fingerprint density at radius 2 is 1.65 bits per heavy atom. The molecule has 0 saturated carbocycles. The van der Waals surface area contributed by atoms with Crippen molar-refractivity contribution in [2.45, 2.75) is 19.6 Å². The molecule has 2 rings (SSSR count). The largest absolute Gasteiger partial charge is 0.497 e. The van der Waals surface area contributed by atoms with E-state index >= 15 is 0 Å². The van der Waals surface area contributed by atoms with Crippen LogP contribution in [0.25, 0.3) is 0 Å². The number of methoxy groups -OCH3 is 3. The number of carbonyl (C=O) groups is 1. The van der Waals surface area contributed by atoms with Gasteiger partial charge in [0, 0.05) is 19.7 Å². The van der Waals surface area contributed by atoms with Gasteiger partial charge in [-0.3, -0.25) is 4.79 Å². The van der Waals surface area contributed by atoms with Crippen molar-refractivity contribution in [1.82, 2.24) is 4.90 Å². The van der Waals surface area contributed by atoms with Gasteiger partial charge in [-0.15, -0.1) is 0 Å². The van der Waals surface area contributed by atoms with E-state index in [0.29, 0.717) is 29.5 Å². The number of nitrogens with zero attached hydrogens (tertiary/aromatic N) is 1. The second-order valence-electron chi connectivity index (χ2n) is 5.82. The molecule has 26 heavy (non-hydrogen) atoms. The Labute approximate surface area is 154 Å². The molecule has 1 atom stereocenters. The Morgan fingerprint density at radius 1 is 0.962 bits per heavy atom. The molecule has 0 aliphatic rings. The normalized spacial score (nSPS) is 11.4. The Hall–Kier alpha value is -2.89. The first-order chi connectivity index (χ1) is 12.5. The lowest BCUT2D eigenvalue weighted by Gasteiger charge is -2.22. The monoisotopic (exact) mass is 359 g/mol. The summed E-state index contributed by atoms with van der Waals surface area (Å²) in [5, 5.41) is 0. The van der Waals surface area contributed by atoms with Crippen LogP contribution in [0, 0.1) is 0 Å². The molecule has 2 aromatic rings. The molecular formula is C20H25NO5. The van der Waals surface area contributed by atoms with Gasteiger partial charge in [0.15, 0.2) is 17.6 Å². The summed E-state index contributed by atoms with van der Waals surface area (Å²) in [4.78, 5) is 14.2. The van der Waals surface area contributed by atoms with Crippen molar-refractivity contribution < 1.29 is 23.7 Å². The fourth-order valence-corrected chi connectivity index (χ4v) is 2.57. The van der Waals surface area contributed by atoms with Gasteiger partial charge in [-0.2, -0.15) is 0 Å². The van der Waals surface area contributed by atoms with Crippen molar-refractivity contribution >= 4 is 5.91 Å². The second kappa shape index (κ2) is 8.99. The number of rotatable bonds is 8. The first kappa shape index (κ1) is 19.4. The number of likely N-dealkylation sites (N-methyl/N-ethyl adjacent to an activating group) is 1. The quantitative estimate of drug-likeness (QED) is 0.725. The van der Waals surface area contributed by atoms with Crippen LogP contribution in [0.1, 0.15) is 12.5 Å². The van der Waals surface area contributed by atoms with Crippen LogP contribution >= 0.6 is 0 Å². The van der Waals surface area contributed by atoms with Crippen LogP contribution in [0.15, 0.2) is 42.5 Å². The average molecular weight is 359 g/mol. The summed E-state index contributed by atoms with van der Waals surface area (Å²) in [5.74, 6) is 2.43.